The maximum absolute atomic E-state index is 12.3. The van der Waals surface area contributed by atoms with E-state index in [1.165, 1.54) is 0 Å². The van der Waals surface area contributed by atoms with Gasteiger partial charge in [0.25, 0.3) is 0 Å². The molecule has 16 heteroatoms. The molecular weight excluding hydrogens is 400 g/mol. The molecule has 0 atom stereocenters. The zero-order chi connectivity index (χ0) is 20.3. The Kier molecular flexibility index (Phi) is 7.69. The van der Waals surface area contributed by atoms with Crippen LogP contribution in [0.1, 0.15) is 0 Å². The van der Waals surface area contributed by atoms with Crippen molar-refractivity contribution < 1.29 is 70.2 Å². The Morgan fingerprint density at radius 2 is 0.708 bits per heavy atom. The average Bonchev–Trinajstić information content (AvgIpc) is 2.36. The number of alkyl halides is 9. The van der Waals surface area contributed by atoms with Crippen molar-refractivity contribution >= 4 is 0 Å². The maximum atomic E-state index is 12.3. The molecule has 0 aliphatic rings. The molecule has 0 amide bonds. The first-order chi connectivity index (χ1) is 10.2. The van der Waals surface area contributed by atoms with Gasteiger partial charge in [0, 0.05) is 0 Å². The minimum Gasteiger partial charge on any atom is -0.199 e. The molecule has 0 heterocycles. The van der Waals surface area contributed by atoms with Crippen molar-refractivity contribution in [3.63, 3.8) is 0 Å². The summed E-state index contributed by atoms with van der Waals surface area (Å²) in [5.74, 6) is -26.2. The molecule has 0 aromatic rings. The van der Waals surface area contributed by atoms with Crippen molar-refractivity contribution in [2.24, 2.45) is 0 Å². The van der Waals surface area contributed by atoms with Crippen molar-refractivity contribution in [1.82, 2.24) is 0 Å². The van der Waals surface area contributed by atoms with Crippen molar-refractivity contribution in [2.45, 2.75) is 23.9 Å². The van der Waals surface area contributed by atoms with E-state index in [0.29, 0.717) is 0 Å². The van der Waals surface area contributed by atoms with Gasteiger partial charge < -0.3 is 0 Å². The van der Waals surface area contributed by atoms with Crippen LogP contribution in [0.4, 0.5) is 70.2 Å². The van der Waals surface area contributed by atoms with Crippen LogP contribution in [0.2, 0.25) is 0 Å². The summed E-state index contributed by atoms with van der Waals surface area (Å²) in [6.45, 7) is 0. The smallest absolute Gasteiger partial charge is 0.199 e. The lowest BCUT2D eigenvalue weighted by Gasteiger charge is -2.32. The zero-order valence-corrected chi connectivity index (χ0v) is 10.0. The highest BCUT2D eigenvalue weighted by Gasteiger charge is 2.83. The van der Waals surface area contributed by atoms with Gasteiger partial charge in [-0.25, -0.2) is 0 Å². The summed E-state index contributed by atoms with van der Waals surface area (Å²) in [6.07, 6.45) is -17.1. The molecule has 0 unspecified atom stereocenters. The normalized spacial score (nSPS) is 13.0. The van der Waals surface area contributed by atoms with Gasteiger partial charge in [-0.05, 0) is 0 Å². The Bertz CT molecular complexity index is 471. The highest BCUT2D eigenvalue weighted by atomic mass is 19.4. The number of rotatable bonds is 3. The Balaban J connectivity index is 0. The van der Waals surface area contributed by atoms with E-state index in [4.69, 9.17) is 0 Å². The molecular formula is C8F16. The second-order valence-corrected chi connectivity index (χ2v) is 3.32. The lowest BCUT2D eigenvalue weighted by atomic mass is 10.0. The molecule has 0 saturated carbocycles. The van der Waals surface area contributed by atoms with E-state index in [2.05, 4.69) is 0 Å². The van der Waals surface area contributed by atoms with Gasteiger partial charge in [-0.1, -0.05) is 0 Å². The summed E-state index contributed by atoms with van der Waals surface area (Å²) in [6, 6.07) is 0. The molecule has 0 N–H and O–H groups in total. The van der Waals surface area contributed by atoms with E-state index in [9.17, 15) is 70.2 Å². The third-order valence-corrected chi connectivity index (χ3v) is 1.73. The summed E-state index contributed by atoms with van der Waals surface area (Å²) in [5, 5.41) is 0. The third-order valence-electron chi connectivity index (χ3n) is 1.73. The van der Waals surface area contributed by atoms with Crippen LogP contribution in [-0.2, 0) is 0 Å². The number of hydrogen-bond donors (Lipinski definition) is 0. The maximum Gasteiger partial charge on any atom is 0.460 e. The summed E-state index contributed by atoms with van der Waals surface area (Å²) < 4.78 is 183. The monoisotopic (exact) mass is 400 g/mol. The number of allylic oxidation sites excluding steroid dienone is 1. The Morgan fingerprint density at radius 3 is 0.875 bits per heavy atom. The van der Waals surface area contributed by atoms with E-state index in [-0.39, 0.29) is 0 Å². The average molecular weight is 400 g/mol. The molecule has 0 saturated heterocycles. The molecule has 0 aliphatic carbocycles. The second kappa shape index (κ2) is 7.50. The molecule has 0 aliphatic heterocycles. The van der Waals surface area contributed by atoms with Crippen molar-refractivity contribution in [1.29, 1.82) is 0 Å². The first kappa shape index (κ1) is 24.6. The molecule has 0 aromatic heterocycles. The molecule has 0 aromatic carbocycles. The van der Waals surface area contributed by atoms with Gasteiger partial charge in [0.05, 0.1) is 0 Å². The van der Waals surface area contributed by atoms with E-state index < -0.39 is 48.0 Å². The van der Waals surface area contributed by atoms with Gasteiger partial charge in [0.1, 0.15) is 0 Å². The Hall–Kier alpha value is -1.64. The van der Waals surface area contributed by atoms with E-state index >= 15 is 0 Å². The predicted octanol–water partition coefficient (Wildman–Crippen LogP) is 6.52. The summed E-state index contributed by atoms with van der Waals surface area (Å²) in [7, 11) is 0. The number of halogens is 16. The second-order valence-electron chi connectivity index (χ2n) is 3.32. The van der Waals surface area contributed by atoms with Crippen LogP contribution in [0.3, 0.4) is 0 Å². The van der Waals surface area contributed by atoms with Crippen molar-refractivity contribution in [3.05, 3.63) is 24.1 Å². The fourth-order valence-electron chi connectivity index (χ4n) is 0.632. The zero-order valence-electron chi connectivity index (χ0n) is 10.0. The third kappa shape index (κ3) is 4.93. The highest BCUT2D eigenvalue weighted by molar-refractivity contribution is 5.15. The first-order valence-electron chi connectivity index (χ1n) is 4.52. The molecule has 0 nitrogen and oxygen atoms in total. The molecule has 0 bridgehead atoms. The van der Waals surface area contributed by atoms with Crippen LogP contribution in [-0.4, -0.2) is 23.9 Å². The van der Waals surface area contributed by atoms with E-state index in [1.807, 2.05) is 0 Å². The van der Waals surface area contributed by atoms with Crippen LogP contribution >= 0.6 is 0 Å². The minimum atomic E-state index is -7.42. The van der Waals surface area contributed by atoms with Crippen LogP contribution < -0.4 is 0 Å². The predicted molar refractivity (Wildman–Crippen MR) is 42.7 cm³/mol. The molecule has 0 fully saturated rings. The first-order valence-corrected chi connectivity index (χ1v) is 4.52. The van der Waals surface area contributed by atoms with Crippen LogP contribution in [0.15, 0.2) is 24.1 Å². The molecule has 0 rings (SSSR count). The van der Waals surface area contributed by atoms with Crippen LogP contribution in [0.25, 0.3) is 0 Å². The van der Waals surface area contributed by atoms with Crippen LogP contribution in [0, 0.1) is 0 Å². The lowest BCUT2D eigenvalue weighted by molar-refractivity contribution is -0.392. The van der Waals surface area contributed by atoms with Crippen LogP contribution in [0.5, 0.6) is 0 Å². The summed E-state index contributed by atoms with van der Waals surface area (Å²) >= 11 is 0. The molecule has 24 heavy (non-hydrogen) atoms. The van der Waals surface area contributed by atoms with Gasteiger partial charge in [0.2, 0.25) is 5.83 Å². The van der Waals surface area contributed by atoms with Gasteiger partial charge in [0.15, 0.2) is 0 Å². The highest BCUT2D eigenvalue weighted by Crippen LogP contribution is 2.55. The van der Waals surface area contributed by atoms with Crippen molar-refractivity contribution in [3.8, 4) is 0 Å². The molecule has 144 valence electrons. The van der Waals surface area contributed by atoms with Gasteiger partial charge >= 0.3 is 42.2 Å². The fraction of sp³-hybridized carbons (Fsp3) is 0.500. The van der Waals surface area contributed by atoms with Crippen molar-refractivity contribution in [2.75, 3.05) is 0 Å². The number of hydrogen-bond acceptors (Lipinski definition) is 0. The summed E-state index contributed by atoms with van der Waals surface area (Å²) in [4.78, 5) is 0. The van der Waals surface area contributed by atoms with E-state index in [0.717, 1.165) is 0 Å². The van der Waals surface area contributed by atoms with Gasteiger partial charge in [-0.15, -0.1) is 0 Å². The molecule has 0 spiro atoms. The quantitative estimate of drug-likeness (QED) is 0.473. The Morgan fingerprint density at radius 1 is 0.417 bits per heavy atom. The topological polar surface area (TPSA) is 0 Å². The Labute approximate surface area is 120 Å². The summed E-state index contributed by atoms with van der Waals surface area (Å²) in [5.41, 5.74) is 0. The van der Waals surface area contributed by atoms with E-state index in [1.54, 1.807) is 0 Å². The lowest BCUT2D eigenvalue weighted by Crippen LogP contribution is -2.61. The fourth-order valence-corrected chi connectivity index (χ4v) is 0.632. The minimum absolute atomic E-state index is 2.91. The molecule has 0 radical (unpaired) electrons. The largest absolute Gasteiger partial charge is 0.460 e. The SMILES string of the molecule is FC(F)=C(F)C(F)(F)C(F)(F)C(F)(F)C(F)(F)F.FC(F)=C(F)F. The van der Waals surface area contributed by atoms with Gasteiger partial charge in [-0.2, -0.15) is 70.2 Å². The van der Waals surface area contributed by atoms with Gasteiger partial charge in [-0.3, -0.25) is 0 Å². The standard InChI is InChI=1S/C6F12.C2F4/c7-1(2(8)9)3(10,11)4(12,13)5(14,15)6(16,17)18;3-1(4)2(5)6.